The first-order chi connectivity index (χ1) is 6.20. The Morgan fingerprint density at radius 3 is 1.92 bits per heavy atom. The third kappa shape index (κ3) is 8.22. The van der Waals surface area contributed by atoms with Crippen LogP contribution in [0.4, 0.5) is 0 Å². The largest absolute Gasteiger partial charge is 0.330 e. The van der Waals surface area contributed by atoms with E-state index in [1.165, 1.54) is 12.8 Å². The lowest BCUT2D eigenvalue weighted by Crippen LogP contribution is -2.28. The molecule has 0 aromatic rings. The molecule has 0 aliphatic rings. The van der Waals surface area contributed by atoms with Gasteiger partial charge < -0.3 is 17.2 Å². The highest BCUT2D eigenvalue weighted by Gasteiger charge is 2.05. The van der Waals surface area contributed by atoms with E-state index in [0.717, 1.165) is 25.7 Å². The third-order valence-electron chi connectivity index (χ3n) is 2.37. The van der Waals surface area contributed by atoms with Gasteiger partial charge in [-0.25, -0.2) is 0 Å². The van der Waals surface area contributed by atoms with E-state index in [1.807, 2.05) is 0 Å². The van der Waals surface area contributed by atoms with E-state index in [0.29, 0.717) is 12.6 Å². The Balaban J connectivity index is 3.29. The van der Waals surface area contributed by atoms with Gasteiger partial charge in [-0.15, -0.1) is 0 Å². The van der Waals surface area contributed by atoms with E-state index in [-0.39, 0.29) is 6.04 Å². The highest BCUT2D eigenvalue weighted by Crippen LogP contribution is 2.06. The maximum atomic E-state index is 5.92. The zero-order chi connectivity index (χ0) is 10.1. The zero-order valence-electron chi connectivity index (χ0n) is 8.84. The van der Waals surface area contributed by atoms with Crippen molar-refractivity contribution < 1.29 is 0 Å². The third-order valence-corrected chi connectivity index (χ3v) is 2.37. The first-order valence-corrected chi connectivity index (χ1v) is 5.42. The standard InChI is InChI=1S/C10H25N3/c1-2-3-4-9(12)5-6-10(13)7-8-11/h9-10H,2-8,11-13H2,1H3. The van der Waals surface area contributed by atoms with Crippen LogP contribution in [0.1, 0.15) is 45.4 Å². The summed E-state index contributed by atoms with van der Waals surface area (Å²) in [6.07, 6.45) is 6.56. The molecular formula is C10H25N3. The second kappa shape index (κ2) is 8.48. The SMILES string of the molecule is CCCCC(N)CCC(N)CCN. The molecule has 0 saturated carbocycles. The smallest absolute Gasteiger partial charge is 0.00514 e. The molecule has 0 aliphatic heterocycles. The first kappa shape index (κ1) is 12.9. The maximum Gasteiger partial charge on any atom is 0.00514 e. The fourth-order valence-corrected chi connectivity index (χ4v) is 1.40. The van der Waals surface area contributed by atoms with Crippen molar-refractivity contribution in [3.8, 4) is 0 Å². The Labute approximate surface area is 82.0 Å². The van der Waals surface area contributed by atoms with Crippen LogP contribution in [0, 0.1) is 0 Å². The molecule has 3 nitrogen and oxygen atoms in total. The van der Waals surface area contributed by atoms with Crippen molar-refractivity contribution in [3.63, 3.8) is 0 Å². The van der Waals surface area contributed by atoms with Crippen LogP contribution in [0.15, 0.2) is 0 Å². The molecule has 3 heteroatoms. The van der Waals surface area contributed by atoms with E-state index in [9.17, 15) is 0 Å². The molecule has 0 spiro atoms. The van der Waals surface area contributed by atoms with Gasteiger partial charge in [0.05, 0.1) is 0 Å². The van der Waals surface area contributed by atoms with E-state index in [2.05, 4.69) is 6.92 Å². The van der Waals surface area contributed by atoms with Gasteiger partial charge in [-0.1, -0.05) is 19.8 Å². The highest BCUT2D eigenvalue weighted by atomic mass is 14.7. The molecule has 0 aromatic heterocycles. The first-order valence-electron chi connectivity index (χ1n) is 5.42. The fourth-order valence-electron chi connectivity index (χ4n) is 1.40. The van der Waals surface area contributed by atoms with Crippen molar-refractivity contribution in [2.75, 3.05) is 6.54 Å². The second-order valence-electron chi connectivity index (χ2n) is 3.82. The van der Waals surface area contributed by atoms with Crippen LogP contribution in [-0.4, -0.2) is 18.6 Å². The normalized spacial score (nSPS) is 15.7. The van der Waals surface area contributed by atoms with E-state index >= 15 is 0 Å². The molecule has 0 amide bonds. The summed E-state index contributed by atoms with van der Waals surface area (Å²) in [5, 5.41) is 0. The lowest BCUT2D eigenvalue weighted by atomic mass is 10.0. The molecule has 0 radical (unpaired) electrons. The molecule has 0 fully saturated rings. The van der Waals surface area contributed by atoms with Gasteiger partial charge in [0.1, 0.15) is 0 Å². The lowest BCUT2D eigenvalue weighted by Gasteiger charge is -2.14. The van der Waals surface area contributed by atoms with E-state index < -0.39 is 0 Å². The quantitative estimate of drug-likeness (QED) is 0.529. The van der Waals surface area contributed by atoms with Crippen LogP contribution < -0.4 is 17.2 Å². The van der Waals surface area contributed by atoms with Crippen LogP contribution in [0.2, 0.25) is 0 Å². The van der Waals surface area contributed by atoms with Crippen LogP contribution in [0.5, 0.6) is 0 Å². The number of nitrogens with two attached hydrogens (primary N) is 3. The monoisotopic (exact) mass is 187 g/mol. The average Bonchev–Trinajstić information content (AvgIpc) is 2.12. The predicted molar refractivity (Wildman–Crippen MR) is 58.4 cm³/mol. The topological polar surface area (TPSA) is 78.1 Å². The minimum Gasteiger partial charge on any atom is -0.330 e. The second-order valence-corrected chi connectivity index (χ2v) is 3.82. The number of unbranched alkanes of at least 4 members (excludes halogenated alkanes) is 1. The molecule has 80 valence electrons. The molecule has 2 unspecified atom stereocenters. The summed E-state index contributed by atoms with van der Waals surface area (Å²) in [4.78, 5) is 0. The van der Waals surface area contributed by atoms with Crippen molar-refractivity contribution >= 4 is 0 Å². The molecule has 6 N–H and O–H groups in total. The number of hydrogen-bond donors (Lipinski definition) is 3. The Morgan fingerprint density at radius 1 is 0.923 bits per heavy atom. The maximum absolute atomic E-state index is 5.92. The molecule has 0 bridgehead atoms. The van der Waals surface area contributed by atoms with Crippen molar-refractivity contribution in [2.24, 2.45) is 17.2 Å². The zero-order valence-corrected chi connectivity index (χ0v) is 8.84. The molecule has 0 rings (SSSR count). The summed E-state index contributed by atoms with van der Waals surface area (Å²) in [5.74, 6) is 0. The Kier molecular flexibility index (Phi) is 8.40. The summed E-state index contributed by atoms with van der Waals surface area (Å²) in [5.41, 5.74) is 17.1. The number of rotatable bonds is 8. The van der Waals surface area contributed by atoms with Crippen LogP contribution in [0.3, 0.4) is 0 Å². The van der Waals surface area contributed by atoms with Crippen LogP contribution in [0.25, 0.3) is 0 Å². The summed E-state index contributed by atoms with van der Waals surface area (Å²) in [6, 6.07) is 0.585. The minimum atomic E-state index is 0.248. The Hall–Kier alpha value is -0.120. The summed E-state index contributed by atoms with van der Waals surface area (Å²) < 4.78 is 0. The van der Waals surface area contributed by atoms with Crippen LogP contribution >= 0.6 is 0 Å². The fraction of sp³-hybridized carbons (Fsp3) is 1.00. The molecule has 0 heterocycles. The van der Waals surface area contributed by atoms with Gasteiger partial charge in [-0.05, 0) is 32.2 Å². The molecular weight excluding hydrogens is 162 g/mol. The summed E-state index contributed by atoms with van der Waals surface area (Å²) >= 11 is 0. The molecule has 0 aliphatic carbocycles. The highest BCUT2D eigenvalue weighted by molar-refractivity contribution is 4.67. The van der Waals surface area contributed by atoms with Gasteiger partial charge in [-0.2, -0.15) is 0 Å². The Morgan fingerprint density at radius 2 is 1.46 bits per heavy atom. The van der Waals surface area contributed by atoms with Crippen LogP contribution in [-0.2, 0) is 0 Å². The van der Waals surface area contributed by atoms with Gasteiger partial charge in [-0.3, -0.25) is 0 Å². The van der Waals surface area contributed by atoms with Crippen molar-refractivity contribution in [3.05, 3.63) is 0 Å². The van der Waals surface area contributed by atoms with Gasteiger partial charge in [0.15, 0.2) is 0 Å². The van der Waals surface area contributed by atoms with Gasteiger partial charge in [0, 0.05) is 12.1 Å². The summed E-state index contributed by atoms with van der Waals surface area (Å²) in [7, 11) is 0. The van der Waals surface area contributed by atoms with Crippen molar-refractivity contribution in [2.45, 2.75) is 57.5 Å². The van der Waals surface area contributed by atoms with Gasteiger partial charge in [0.2, 0.25) is 0 Å². The van der Waals surface area contributed by atoms with Crippen molar-refractivity contribution in [1.82, 2.24) is 0 Å². The minimum absolute atomic E-state index is 0.248. The van der Waals surface area contributed by atoms with Gasteiger partial charge in [0.25, 0.3) is 0 Å². The Bertz CT molecular complexity index is 106. The average molecular weight is 187 g/mol. The van der Waals surface area contributed by atoms with Crippen molar-refractivity contribution in [1.29, 1.82) is 0 Å². The molecule has 0 aromatic carbocycles. The predicted octanol–water partition coefficient (Wildman–Crippen LogP) is 0.960. The molecule has 0 saturated heterocycles. The van der Waals surface area contributed by atoms with E-state index in [4.69, 9.17) is 17.2 Å². The van der Waals surface area contributed by atoms with Gasteiger partial charge >= 0.3 is 0 Å². The molecule has 13 heavy (non-hydrogen) atoms. The van der Waals surface area contributed by atoms with E-state index in [1.54, 1.807) is 0 Å². The molecule has 2 atom stereocenters. The lowest BCUT2D eigenvalue weighted by molar-refractivity contribution is 0.473. The summed E-state index contributed by atoms with van der Waals surface area (Å²) in [6.45, 7) is 2.87. The number of hydrogen-bond acceptors (Lipinski definition) is 3.